The van der Waals surface area contributed by atoms with Crippen LogP contribution in [0.1, 0.15) is 12.5 Å². The van der Waals surface area contributed by atoms with E-state index in [4.69, 9.17) is 11.5 Å². The third-order valence-electron chi connectivity index (χ3n) is 2.06. The number of rotatable bonds is 3. The molecule has 5 nitrogen and oxygen atoms in total. The van der Waals surface area contributed by atoms with E-state index in [1.54, 1.807) is 0 Å². The standard InChI is InChI=1S/C11H9F4N3O2/c1-4(10(19)20-18-11(16)17)2-5-8(14)6(12)3-7(13)9(5)15/h2-3H,1H3,(H4,16,17,18)/b4-2+. The summed E-state index contributed by atoms with van der Waals surface area (Å²) < 4.78 is 52.6. The Labute approximate surface area is 110 Å². The van der Waals surface area contributed by atoms with Gasteiger partial charge in [0.1, 0.15) is 0 Å². The van der Waals surface area contributed by atoms with Crippen LogP contribution in [0.5, 0.6) is 0 Å². The largest absolute Gasteiger partial charge is 0.367 e. The van der Waals surface area contributed by atoms with E-state index in [1.165, 1.54) is 0 Å². The Bertz CT molecular complexity index is 584. The van der Waals surface area contributed by atoms with Gasteiger partial charge in [-0.15, -0.1) is 0 Å². The van der Waals surface area contributed by atoms with E-state index in [9.17, 15) is 22.4 Å². The first-order valence-corrected chi connectivity index (χ1v) is 5.05. The van der Waals surface area contributed by atoms with Gasteiger partial charge in [0.05, 0.1) is 5.56 Å². The van der Waals surface area contributed by atoms with Gasteiger partial charge in [0.15, 0.2) is 23.3 Å². The SMILES string of the molecule is C/C(=C\c1c(F)c(F)cc(F)c1F)C(=O)ON=C(N)N. The smallest absolute Gasteiger partial charge is 0.361 e. The average Bonchev–Trinajstić information content (AvgIpc) is 2.38. The molecule has 0 spiro atoms. The van der Waals surface area contributed by atoms with E-state index < -0.39 is 40.8 Å². The van der Waals surface area contributed by atoms with Crippen LogP contribution in [0.15, 0.2) is 16.8 Å². The lowest BCUT2D eigenvalue weighted by Crippen LogP contribution is -2.23. The molecule has 0 fully saturated rings. The number of guanidine groups is 1. The van der Waals surface area contributed by atoms with Crippen LogP contribution in [0.25, 0.3) is 6.08 Å². The summed E-state index contributed by atoms with van der Waals surface area (Å²) in [6, 6.07) is 0.0507. The lowest BCUT2D eigenvalue weighted by Gasteiger charge is -2.04. The Hall–Kier alpha value is -2.58. The zero-order valence-electron chi connectivity index (χ0n) is 10.1. The van der Waals surface area contributed by atoms with Crippen molar-refractivity contribution in [2.24, 2.45) is 16.6 Å². The molecule has 0 aliphatic heterocycles. The Morgan fingerprint density at radius 3 is 2.15 bits per heavy atom. The fraction of sp³-hybridized carbons (Fsp3) is 0.0909. The normalized spacial score (nSPS) is 11.2. The molecule has 0 radical (unpaired) electrons. The number of halogens is 4. The number of carbonyl (C=O) groups is 1. The summed E-state index contributed by atoms with van der Waals surface area (Å²) in [7, 11) is 0. The molecule has 1 rings (SSSR count). The van der Waals surface area contributed by atoms with Gasteiger partial charge in [0, 0.05) is 11.6 Å². The highest BCUT2D eigenvalue weighted by molar-refractivity contribution is 5.93. The molecular formula is C11H9F4N3O2. The van der Waals surface area contributed by atoms with E-state index >= 15 is 0 Å². The quantitative estimate of drug-likeness (QED) is 0.167. The lowest BCUT2D eigenvalue weighted by atomic mass is 10.1. The van der Waals surface area contributed by atoms with Gasteiger partial charge in [-0.1, -0.05) is 0 Å². The molecule has 0 saturated heterocycles. The van der Waals surface area contributed by atoms with Gasteiger partial charge in [-0.25, -0.2) is 22.4 Å². The first-order valence-electron chi connectivity index (χ1n) is 5.05. The van der Waals surface area contributed by atoms with Gasteiger partial charge in [-0.2, -0.15) is 0 Å². The predicted molar refractivity (Wildman–Crippen MR) is 61.8 cm³/mol. The second-order valence-corrected chi connectivity index (χ2v) is 3.60. The number of hydrogen-bond acceptors (Lipinski definition) is 3. The summed E-state index contributed by atoms with van der Waals surface area (Å²) in [5.74, 6) is -8.18. The number of carbonyl (C=O) groups excluding carboxylic acids is 1. The molecule has 0 unspecified atom stereocenters. The first-order chi connectivity index (χ1) is 9.23. The topological polar surface area (TPSA) is 90.7 Å². The van der Waals surface area contributed by atoms with Crippen molar-refractivity contribution in [1.29, 1.82) is 0 Å². The minimum absolute atomic E-state index is 0.0507. The molecule has 1 aromatic carbocycles. The molecule has 0 bridgehead atoms. The van der Waals surface area contributed by atoms with Crippen molar-refractivity contribution in [3.63, 3.8) is 0 Å². The molecule has 0 aliphatic carbocycles. The summed E-state index contributed by atoms with van der Waals surface area (Å²) in [5, 5.41) is 2.91. The molecule has 0 saturated carbocycles. The molecule has 4 N–H and O–H groups in total. The Kier molecular flexibility index (Phi) is 4.68. The minimum Gasteiger partial charge on any atom is -0.367 e. The van der Waals surface area contributed by atoms with Gasteiger partial charge < -0.3 is 16.3 Å². The van der Waals surface area contributed by atoms with Crippen LogP contribution < -0.4 is 11.5 Å². The zero-order valence-corrected chi connectivity index (χ0v) is 10.1. The molecular weight excluding hydrogens is 282 g/mol. The van der Waals surface area contributed by atoms with Crippen LogP contribution >= 0.6 is 0 Å². The van der Waals surface area contributed by atoms with Crippen LogP contribution in [0.2, 0.25) is 0 Å². The monoisotopic (exact) mass is 291 g/mol. The van der Waals surface area contributed by atoms with Crippen LogP contribution in [0.4, 0.5) is 17.6 Å². The third-order valence-corrected chi connectivity index (χ3v) is 2.06. The molecule has 0 aliphatic rings. The van der Waals surface area contributed by atoms with E-state index in [-0.39, 0.29) is 11.6 Å². The molecule has 0 aromatic heterocycles. The maximum absolute atomic E-state index is 13.3. The van der Waals surface area contributed by atoms with Crippen molar-refractivity contribution in [3.05, 3.63) is 40.5 Å². The number of benzene rings is 1. The molecule has 1 aromatic rings. The Morgan fingerprint density at radius 2 is 1.70 bits per heavy atom. The molecule has 0 amide bonds. The van der Waals surface area contributed by atoms with Crippen molar-refractivity contribution >= 4 is 18.0 Å². The van der Waals surface area contributed by atoms with Crippen LogP contribution in [-0.2, 0) is 9.63 Å². The van der Waals surface area contributed by atoms with Gasteiger partial charge >= 0.3 is 5.97 Å². The van der Waals surface area contributed by atoms with Crippen LogP contribution in [0, 0.1) is 23.3 Å². The maximum atomic E-state index is 13.3. The minimum atomic E-state index is -1.64. The summed E-state index contributed by atoms with van der Waals surface area (Å²) in [6.07, 6.45) is 0.571. The van der Waals surface area contributed by atoms with Gasteiger partial charge in [-0.3, -0.25) is 0 Å². The van der Waals surface area contributed by atoms with Gasteiger partial charge in [0.2, 0.25) is 5.96 Å². The first kappa shape index (κ1) is 15.5. The summed E-state index contributed by atoms with van der Waals surface area (Å²) >= 11 is 0. The second-order valence-electron chi connectivity index (χ2n) is 3.60. The number of nitrogens with two attached hydrogens (primary N) is 2. The zero-order chi connectivity index (χ0) is 15.4. The third kappa shape index (κ3) is 3.46. The number of oxime groups is 1. The number of hydrogen-bond donors (Lipinski definition) is 2. The maximum Gasteiger partial charge on any atom is 0.361 e. The lowest BCUT2D eigenvalue weighted by molar-refractivity contribution is -0.138. The van der Waals surface area contributed by atoms with Crippen LogP contribution in [0.3, 0.4) is 0 Å². The summed E-state index contributed by atoms with van der Waals surface area (Å²) in [4.78, 5) is 15.5. The van der Waals surface area contributed by atoms with E-state index in [0.29, 0.717) is 6.08 Å². The van der Waals surface area contributed by atoms with E-state index in [0.717, 1.165) is 6.92 Å². The highest BCUT2D eigenvalue weighted by atomic mass is 19.2. The van der Waals surface area contributed by atoms with Crippen molar-refractivity contribution in [3.8, 4) is 0 Å². The molecule has 0 atom stereocenters. The average molecular weight is 291 g/mol. The summed E-state index contributed by atoms with van der Waals surface area (Å²) in [5.41, 5.74) is 8.36. The van der Waals surface area contributed by atoms with E-state index in [2.05, 4.69) is 9.99 Å². The fourth-order valence-electron chi connectivity index (χ4n) is 1.16. The number of nitrogens with zero attached hydrogens (tertiary/aromatic N) is 1. The van der Waals surface area contributed by atoms with Crippen molar-refractivity contribution in [2.45, 2.75) is 6.92 Å². The van der Waals surface area contributed by atoms with Crippen molar-refractivity contribution in [2.75, 3.05) is 0 Å². The van der Waals surface area contributed by atoms with E-state index in [1.807, 2.05) is 0 Å². The predicted octanol–water partition coefficient (Wildman–Crippen LogP) is 1.38. The highest BCUT2D eigenvalue weighted by Crippen LogP contribution is 2.22. The van der Waals surface area contributed by atoms with Gasteiger partial charge in [-0.05, 0) is 18.2 Å². The molecule has 108 valence electrons. The Morgan fingerprint density at radius 1 is 1.20 bits per heavy atom. The molecule has 0 heterocycles. The Balaban J connectivity index is 3.17. The molecule has 9 heteroatoms. The van der Waals surface area contributed by atoms with Crippen molar-refractivity contribution in [1.82, 2.24) is 0 Å². The fourth-order valence-corrected chi connectivity index (χ4v) is 1.16. The summed E-state index contributed by atoms with van der Waals surface area (Å²) in [6.45, 7) is 1.09. The molecule has 20 heavy (non-hydrogen) atoms. The second kappa shape index (κ2) is 6.04. The van der Waals surface area contributed by atoms with Crippen molar-refractivity contribution < 1.29 is 27.2 Å². The highest BCUT2D eigenvalue weighted by Gasteiger charge is 2.19. The van der Waals surface area contributed by atoms with Gasteiger partial charge in [0.25, 0.3) is 0 Å². The van der Waals surface area contributed by atoms with Crippen LogP contribution in [-0.4, -0.2) is 11.9 Å².